The first-order valence-electron chi connectivity index (χ1n) is 18.9. The number of fused-ring (bicyclic) bond motifs is 3. The fourth-order valence-corrected chi connectivity index (χ4v) is 7.73. The molecule has 0 atom stereocenters. The Labute approximate surface area is 326 Å². The molecule has 56 heavy (non-hydrogen) atoms. The highest BCUT2D eigenvalue weighted by molar-refractivity contribution is 6.16. The largest absolute Gasteiger partial charge is 0.248 e. The molecule has 3 nitrogen and oxygen atoms in total. The Bertz CT molecular complexity index is 2900. The smallest absolute Gasteiger partial charge is 0.161 e. The lowest BCUT2D eigenvalue weighted by atomic mass is 9.93. The van der Waals surface area contributed by atoms with Gasteiger partial charge < -0.3 is 0 Å². The molecule has 0 aliphatic heterocycles. The van der Waals surface area contributed by atoms with Crippen molar-refractivity contribution in [2.45, 2.75) is 0 Å². The minimum Gasteiger partial charge on any atom is -0.248 e. The molecule has 0 fully saturated rings. The van der Waals surface area contributed by atoms with Crippen molar-refractivity contribution in [3.05, 3.63) is 212 Å². The van der Waals surface area contributed by atoms with E-state index < -0.39 is 0 Å². The Morgan fingerprint density at radius 2 is 0.714 bits per heavy atom. The van der Waals surface area contributed by atoms with E-state index in [1.165, 1.54) is 11.1 Å². The zero-order chi connectivity index (χ0) is 37.3. The second-order valence-electron chi connectivity index (χ2n) is 14.0. The first kappa shape index (κ1) is 33.1. The van der Waals surface area contributed by atoms with Crippen LogP contribution in [0.3, 0.4) is 0 Å². The van der Waals surface area contributed by atoms with Crippen molar-refractivity contribution in [2.75, 3.05) is 0 Å². The molecule has 0 unspecified atom stereocenters. The highest BCUT2D eigenvalue weighted by Crippen LogP contribution is 2.40. The van der Waals surface area contributed by atoms with Gasteiger partial charge in [-0.15, -0.1) is 0 Å². The summed E-state index contributed by atoms with van der Waals surface area (Å²) >= 11 is 0. The maximum atomic E-state index is 5.35. The second-order valence-corrected chi connectivity index (χ2v) is 14.0. The summed E-state index contributed by atoms with van der Waals surface area (Å²) in [6.45, 7) is 0. The van der Waals surface area contributed by atoms with Crippen LogP contribution in [0.1, 0.15) is 0 Å². The van der Waals surface area contributed by atoms with E-state index in [0.29, 0.717) is 5.82 Å². The van der Waals surface area contributed by atoms with Gasteiger partial charge in [-0.25, -0.2) is 15.0 Å². The van der Waals surface area contributed by atoms with Crippen LogP contribution in [-0.2, 0) is 0 Å². The summed E-state index contributed by atoms with van der Waals surface area (Å²) in [6, 6.07) is 74.5. The molecule has 0 saturated heterocycles. The quantitative estimate of drug-likeness (QED) is 0.154. The van der Waals surface area contributed by atoms with E-state index in [4.69, 9.17) is 15.0 Å². The highest BCUT2D eigenvalue weighted by atomic mass is 14.9. The van der Waals surface area contributed by atoms with Crippen molar-refractivity contribution in [3.8, 4) is 78.5 Å². The minimum atomic E-state index is 0.674. The normalized spacial score (nSPS) is 11.2. The summed E-state index contributed by atoms with van der Waals surface area (Å²) in [5, 5.41) is 3.29. The Kier molecular flexibility index (Phi) is 8.51. The number of rotatable bonds is 7. The molecule has 3 heteroatoms. The van der Waals surface area contributed by atoms with Crippen LogP contribution in [0.15, 0.2) is 212 Å². The molecule has 0 radical (unpaired) electrons. The average molecular weight is 714 g/mol. The summed E-state index contributed by atoms with van der Waals surface area (Å²) in [5.41, 5.74) is 14.6. The Balaban J connectivity index is 1.20. The fourth-order valence-electron chi connectivity index (χ4n) is 7.73. The van der Waals surface area contributed by atoms with Gasteiger partial charge in [-0.2, -0.15) is 0 Å². The monoisotopic (exact) mass is 713 g/mol. The highest BCUT2D eigenvalue weighted by Gasteiger charge is 2.18. The van der Waals surface area contributed by atoms with Crippen LogP contribution in [0.5, 0.6) is 0 Å². The van der Waals surface area contributed by atoms with E-state index in [1.807, 2.05) is 18.2 Å². The number of benzene rings is 8. The number of hydrogen-bond acceptors (Lipinski definition) is 3. The minimum absolute atomic E-state index is 0.674. The van der Waals surface area contributed by atoms with E-state index in [9.17, 15) is 0 Å². The van der Waals surface area contributed by atoms with Gasteiger partial charge in [0.05, 0.1) is 22.6 Å². The average Bonchev–Trinajstić information content (AvgIpc) is 3.29. The SMILES string of the molecule is c1ccc(-c2cccc(-c3cc(-c4cccc(-c5ccccc5)c4)nc(-c4cccc5c4ccc4nc(-c6ccccc6)cc(-c6ccccc6)c45)n3)c2)cc1. The van der Waals surface area contributed by atoms with E-state index in [1.54, 1.807) is 0 Å². The lowest BCUT2D eigenvalue weighted by Crippen LogP contribution is -1.97. The van der Waals surface area contributed by atoms with Gasteiger partial charge in [-0.3, -0.25) is 0 Å². The molecular formula is C53H35N3. The van der Waals surface area contributed by atoms with E-state index >= 15 is 0 Å². The van der Waals surface area contributed by atoms with Crippen molar-refractivity contribution in [1.29, 1.82) is 0 Å². The topological polar surface area (TPSA) is 38.7 Å². The van der Waals surface area contributed by atoms with Crippen molar-refractivity contribution < 1.29 is 0 Å². The van der Waals surface area contributed by atoms with Gasteiger partial charge in [0.25, 0.3) is 0 Å². The lowest BCUT2D eigenvalue weighted by molar-refractivity contribution is 1.19. The van der Waals surface area contributed by atoms with E-state index in [0.717, 1.165) is 83.3 Å². The number of aromatic nitrogens is 3. The molecule has 2 aromatic heterocycles. The maximum absolute atomic E-state index is 5.35. The standard InChI is InChI=1S/C53H35N3/c1-5-16-36(17-6-1)40-24-13-26-42(32-40)50-35-51(43-27-14-25-41(33-43)37-18-7-2-8-19-37)56-53(55-50)46-29-15-28-45-44(46)30-31-48-52(45)47(38-20-9-3-10-21-38)34-49(54-48)39-22-11-4-12-23-39/h1-35H. The summed E-state index contributed by atoms with van der Waals surface area (Å²) < 4.78 is 0. The molecule has 0 aliphatic rings. The molecule has 0 saturated carbocycles. The zero-order valence-electron chi connectivity index (χ0n) is 30.5. The lowest BCUT2D eigenvalue weighted by Gasteiger charge is -2.15. The zero-order valence-corrected chi connectivity index (χ0v) is 30.5. The third kappa shape index (κ3) is 6.31. The van der Waals surface area contributed by atoms with Crippen LogP contribution in [0.4, 0.5) is 0 Å². The van der Waals surface area contributed by atoms with E-state index in [-0.39, 0.29) is 0 Å². The summed E-state index contributed by atoms with van der Waals surface area (Å²) in [7, 11) is 0. The number of pyridine rings is 1. The van der Waals surface area contributed by atoms with Crippen LogP contribution >= 0.6 is 0 Å². The third-order valence-corrected chi connectivity index (χ3v) is 10.5. The molecule has 10 rings (SSSR count). The first-order chi connectivity index (χ1) is 27.7. The molecule has 0 amide bonds. The number of hydrogen-bond donors (Lipinski definition) is 0. The first-order valence-corrected chi connectivity index (χ1v) is 18.9. The van der Waals surface area contributed by atoms with Crippen LogP contribution in [0, 0.1) is 0 Å². The van der Waals surface area contributed by atoms with Gasteiger partial charge >= 0.3 is 0 Å². The van der Waals surface area contributed by atoms with Gasteiger partial charge in [-0.05, 0) is 74.5 Å². The molecule has 0 N–H and O–H groups in total. The predicted molar refractivity (Wildman–Crippen MR) is 233 cm³/mol. The molecule has 2 heterocycles. The molecule has 10 aromatic rings. The van der Waals surface area contributed by atoms with Gasteiger partial charge in [0, 0.05) is 27.6 Å². The van der Waals surface area contributed by atoms with Crippen molar-refractivity contribution in [1.82, 2.24) is 15.0 Å². The van der Waals surface area contributed by atoms with Crippen LogP contribution in [0.25, 0.3) is 100 Å². The van der Waals surface area contributed by atoms with Crippen molar-refractivity contribution in [3.63, 3.8) is 0 Å². The molecular weight excluding hydrogens is 679 g/mol. The molecule has 262 valence electrons. The van der Waals surface area contributed by atoms with Crippen LogP contribution < -0.4 is 0 Å². The van der Waals surface area contributed by atoms with E-state index in [2.05, 4.69) is 194 Å². The molecule has 8 aromatic carbocycles. The summed E-state index contributed by atoms with van der Waals surface area (Å²) in [4.78, 5) is 15.9. The number of nitrogens with zero attached hydrogens (tertiary/aromatic N) is 3. The van der Waals surface area contributed by atoms with Crippen molar-refractivity contribution >= 4 is 21.7 Å². The molecule has 0 aliphatic carbocycles. The Morgan fingerprint density at radius 1 is 0.250 bits per heavy atom. The second kappa shape index (κ2) is 14.4. The Hall–Kier alpha value is -7.49. The summed E-state index contributed by atoms with van der Waals surface area (Å²) in [6.07, 6.45) is 0. The van der Waals surface area contributed by atoms with Crippen molar-refractivity contribution in [2.24, 2.45) is 0 Å². The van der Waals surface area contributed by atoms with Gasteiger partial charge in [-0.1, -0.05) is 182 Å². The summed E-state index contributed by atoms with van der Waals surface area (Å²) in [5.74, 6) is 0.674. The molecule has 0 bridgehead atoms. The molecule has 0 spiro atoms. The van der Waals surface area contributed by atoms with Crippen LogP contribution in [0.2, 0.25) is 0 Å². The van der Waals surface area contributed by atoms with Crippen LogP contribution in [-0.4, -0.2) is 15.0 Å². The van der Waals surface area contributed by atoms with Gasteiger partial charge in [0.2, 0.25) is 0 Å². The maximum Gasteiger partial charge on any atom is 0.161 e. The van der Waals surface area contributed by atoms with Gasteiger partial charge in [0.15, 0.2) is 5.82 Å². The van der Waals surface area contributed by atoms with Gasteiger partial charge in [0.1, 0.15) is 0 Å². The Morgan fingerprint density at radius 3 is 1.29 bits per heavy atom. The predicted octanol–water partition coefficient (Wildman–Crippen LogP) is 13.8. The fraction of sp³-hybridized carbons (Fsp3) is 0. The third-order valence-electron chi connectivity index (χ3n) is 10.5.